The van der Waals surface area contributed by atoms with Crippen LogP contribution < -0.4 is 5.32 Å². The lowest BCUT2D eigenvalue weighted by molar-refractivity contribution is -0.145. The summed E-state index contributed by atoms with van der Waals surface area (Å²) in [7, 11) is 0. The van der Waals surface area contributed by atoms with Crippen LogP contribution in [-0.4, -0.2) is 16.6 Å². The number of hydrogen-bond donors (Lipinski definition) is 2. The number of carbonyl (C=O) groups is 1. The maximum absolute atomic E-state index is 11.5. The summed E-state index contributed by atoms with van der Waals surface area (Å²) in [5.41, 5.74) is 1.55. The smallest absolute Gasteiger partial charge is 0.323 e. The minimum absolute atomic E-state index is 0.0484. The summed E-state index contributed by atoms with van der Waals surface area (Å²) in [4.78, 5) is 11.5. The Morgan fingerprint density at radius 3 is 2.39 bits per heavy atom. The molecule has 2 unspecified atom stereocenters. The molecule has 0 saturated heterocycles. The zero-order valence-corrected chi connectivity index (χ0v) is 11.2. The van der Waals surface area contributed by atoms with Crippen LogP contribution in [0.2, 0.25) is 0 Å². The summed E-state index contributed by atoms with van der Waals surface area (Å²) in [5.74, 6) is -0.480. The highest BCUT2D eigenvalue weighted by Gasteiger charge is 2.47. The Balaban J connectivity index is 2.12. The van der Waals surface area contributed by atoms with E-state index in [4.69, 9.17) is 0 Å². The molecular formula is C15H21NO2. The van der Waals surface area contributed by atoms with E-state index in [0.29, 0.717) is 0 Å². The van der Waals surface area contributed by atoms with Crippen LogP contribution in [0, 0.1) is 12.8 Å². The highest BCUT2D eigenvalue weighted by atomic mass is 16.4. The van der Waals surface area contributed by atoms with E-state index in [1.807, 2.05) is 13.8 Å². The SMILES string of the molecule is Cc1ccc(C(C)NC(C)(C(=O)O)C2CC2)cc1. The van der Waals surface area contributed by atoms with Gasteiger partial charge in [-0.1, -0.05) is 29.8 Å². The lowest BCUT2D eigenvalue weighted by Crippen LogP contribution is -2.52. The van der Waals surface area contributed by atoms with Crippen LogP contribution in [-0.2, 0) is 4.79 Å². The van der Waals surface area contributed by atoms with Crippen molar-refractivity contribution in [3.63, 3.8) is 0 Å². The first-order valence-corrected chi connectivity index (χ1v) is 6.51. The zero-order valence-electron chi connectivity index (χ0n) is 11.2. The van der Waals surface area contributed by atoms with E-state index in [-0.39, 0.29) is 12.0 Å². The molecule has 0 aromatic heterocycles. The molecule has 1 aliphatic rings. The van der Waals surface area contributed by atoms with Crippen LogP contribution in [0.5, 0.6) is 0 Å². The van der Waals surface area contributed by atoms with Crippen LogP contribution >= 0.6 is 0 Å². The van der Waals surface area contributed by atoms with Crippen molar-refractivity contribution in [3.05, 3.63) is 35.4 Å². The van der Waals surface area contributed by atoms with Gasteiger partial charge in [0.05, 0.1) is 0 Å². The molecule has 2 atom stereocenters. The van der Waals surface area contributed by atoms with Crippen molar-refractivity contribution in [1.82, 2.24) is 5.32 Å². The molecule has 0 spiro atoms. The highest BCUT2D eigenvalue weighted by molar-refractivity contribution is 5.79. The van der Waals surface area contributed by atoms with Gasteiger partial charge in [0.25, 0.3) is 0 Å². The quantitative estimate of drug-likeness (QED) is 0.841. The number of aryl methyl sites for hydroxylation is 1. The van der Waals surface area contributed by atoms with E-state index in [2.05, 4.69) is 29.6 Å². The third-order valence-electron chi connectivity index (χ3n) is 3.93. The number of benzene rings is 1. The first-order chi connectivity index (χ1) is 8.43. The first-order valence-electron chi connectivity index (χ1n) is 6.51. The largest absolute Gasteiger partial charge is 0.480 e. The van der Waals surface area contributed by atoms with Gasteiger partial charge in [0, 0.05) is 6.04 Å². The van der Waals surface area contributed by atoms with Gasteiger partial charge in [-0.15, -0.1) is 0 Å². The molecule has 1 aliphatic carbocycles. The summed E-state index contributed by atoms with van der Waals surface area (Å²) in [5, 5.41) is 12.7. The van der Waals surface area contributed by atoms with Gasteiger partial charge in [-0.2, -0.15) is 0 Å². The summed E-state index contributed by atoms with van der Waals surface area (Å²) < 4.78 is 0. The summed E-state index contributed by atoms with van der Waals surface area (Å²) in [6.07, 6.45) is 2.02. The van der Waals surface area contributed by atoms with E-state index >= 15 is 0 Å². The molecule has 2 N–H and O–H groups in total. The normalized spacial score (nSPS) is 20.2. The predicted molar refractivity (Wildman–Crippen MR) is 71.5 cm³/mol. The molecule has 2 rings (SSSR count). The number of nitrogens with one attached hydrogen (secondary N) is 1. The fraction of sp³-hybridized carbons (Fsp3) is 0.533. The van der Waals surface area contributed by atoms with Crippen LogP contribution in [0.3, 0.4) is 0 Å². The highest BCUT2D eigenvalue weighted by Crippen LogP contribution is 2.40. The van der Waals surface area contributed by atoms with Crippen molar-refractivity contribution in [1.29, 1.82) is 0 Å². The Bertz CT molecular complexity index is 436. The zero-order chi connectivity index (χ0) is 13.3. The average Bonchev–Trinajstić information content (AvgIpc) is 3.13. The van der Waals surface area contributed by atoms with Crippen LogP contribution in [0.15, 0.2) is 24.3 Å². The second-order valence-electron chi connectivity index (χ2n) is 5.56. The summed E-state index contributed by atoms with van der Waals surface area (Å²) in [6.45, 7) is 5.87. The lowest BCUT2D eigenvalue weighted by Gasteiger charge is -2.30. The number of carboxylic acid groups (broad SMARTS) is 1. The van der Waals surface area contributed by atoms with E-state index in [0.717, 1.165) is 18.4 Å². The lowest BCUT2D eigenvalue weighted by atomic mass is 9.93. The van der Waals surface area contributed by atoms with Gasteiger partial charge in [-0.05, 0) is 45.1 Å². The molecule has 0 radical (unpaired) electrons. The number of hydrogen-bond acceptors (Lipinski definition) is 2. The maximum Gasteiger partial charge on any atom is 0.323 e. The van der Waals surface area contributed by atoms with Crippen molar-refractivity contribution in [2.75, 3.05) is 0 Å². The third kappa shape index (κ3) is 2.56. The van der Waals surface area contributed by atoms with Crippen molar-refractivity contribution < 1.29 is 9.90 Å². The number of carboxylic acids is 1. The van der Waals surface area contributed by atoms with Gasteiger partial charge >= 0.3 is 5.97 Å². The first kappa shape index (κ1) is 13.1. The predicted octanol–water partition coefficient (Wildman–Crippen LogP) is 2.90. The summed E-state index contributed by atoms with van der Waals surface area (Å²) >= 11 is 0. The molecule has 98 valence electrons. The molecule has 0 heterocycles. The molecule has 18 heavy (non-hydrogen) atoms. The molecule has 0 aliphatic heterocycles. The monoisotopic (exact) mass is 247 g/mol. The second-order valence-corrected chi connectivity index (χ2v) is 5.56. The average molecular weight is 247 g/mol. The Kier molecular flexibility index (Phi) is 3.44. The van der Waals surface area contributed by atoms with Crippen LogP contribution in [0.1, 0.15) is 43.9 Å². The van der Waals surface area contributed by atoms with Crippen molar-refractivity contribution in [2.45, 2.75) is 45.2 Å². The molecule has 3 nitrogen and oxygen atoms in total. The third-order valence-corrected chi connectivity index (χ3v) is 3.93. The van der Waals surface area contributed by atoms with Gasteiger partial charge in [0.1, 0.15) is 5.54 Å². The topological polar surface area (TPSA) is 49.3 Å². The Labute approximate surface area is 108 Å². The van der Waals surface area contributed by atoms with E-state index < -0.39 is 11.5 Å². The number of rotatable bonds is 5. The van der Waals surface area contributed by atoms with Crippen molar-refractivity contribution in [2.24, 2.45) is 5.92 Å². The van der Waals surface area contributed by atoms with Crippen LogP contribution in [0.4, 0.5) is 0 Å². The van der Waals surface area contributed by atoms with Gasteiger partial charge in [0.2, 0.25) is 0 Å². The molecule has 1 aromatic rings. The minimum Gasteiger partial charge on any atom is -0.480 e. The number of aliphatic carboxylic acids is 1. The van der Waals surface area contributed by atoms with Crippen molar-refractivity contribution in [3.8, 4) is 0 Å². The van der Waals surface area contributed by atoms with Crippen LogP contribution in [0.25, 0.3) is 0 Å². The molecular weight excluding hydrogens is 226 g/mol. The van der Waals surface area contributed by atoms with Gasteiger partial charge in [-0.25, -0.2) is 0 Å². The molecule has 1 fully saturated rings. The molecule has 1 saturated carbocycles. The van der Waals surface area contributed by atoms with Gasteiger partial charge in [-0.3, -0.25) is 10.1 Å². The maximum atomic E-state index is 11.5. The Morgan fingerprint density at radius 1 is 1.39 bits per heavy atom. The van der Waals surface area contributed by atoms with Gasteiger partial charge < -0.3 is 5.11 Å². The van der Waals surface area contributed by atoms with Gasteiger partial charge in [0.15, 0.2) is 0 Å². The van der Waals surface area contributed by atoms with E-state index in [9.17, 15) is 9.90 Å². The Hall–Kier alpha value is -1.35. The Morgan fingerprint density at radius 2 is 1.94 bits per heavy atom. The van der Waals surface area contributed by atoms with E-state index in [1.54, 1.807) is 6.92 Å². The second kappa shape index (κ2) is 4.73. The van der Waals surface area contributed by atoms with E-state index in [1.165, 1.54) is 5.56 Å². The fourth-order valence-corrected chi connectivity index (χ4v) is 2.40. The molecule has 3 heteroatoms. The van der Waals surface area contributed by atoms with Crippen molar-refractivity contribution >= 4 is 5.97 Å². The fourth-order valence-electron chi connectivity index (χ4n) is 2.40. The standard InChI is InChI=1S/C15H21NO2/c1-10-4-6-12(7-5-10)11(2)16-15(3,14(17)18)13-8-9-13/h4-7,11,13,16H,8-9H2,1-3H3,(H,17,18). The molecule has 0 amide bonds. The summed E-state index contributed by atoms with van der Waals surface area (Å²) in [6, 6.07) is 8.28. The minimum atomic E-state index is -0.801. The molecule has 1 aromatic carbocycles. The molecule has 0 bridgehead atoms.